The first kappa shape index (κ1) is 32.6. The van der Waals surface area contributed by atoms with Crippen molar-refractivity contribution in [1.29, 1.82) is 0 Å². The SMILES string of the molecule is C=NC1=C2C(=CCC1)c1cccc(c1)OC(CNc1ncnc3c1cnn3-c1ccc(F)cc1OC)CCC(=O)N(C)CC(O)CN2C. The first-order valence-corrected chi connectivity index (χ1v) is 15.8. The van der Waals surface area contributed by atoms with Crippen LogP contribution in [0.2, 0.25) is 0 Å². The van der Waals surface area contributed by atoms with Crippen molar-refractivity contribution in [2.45, 2.75) is 37.9 Å². The third-order valence-electron chi connectivity index (χ3n) is 8.59. The number of nitrogens with zero attached hydrogens (tertiary/aromatic N) is 7. The Balaban J connectivity index is 1.30. The number of likely N-dealkylation sites (N-methyl/N-ethyl adjacent to an activating group) is 2. The number of β-amino-alcohol motifs (C(OH)–C–C–N with tert-alkyl or cyclic N) is 1. The molecule has 2 aromatic heterocycles. The van der Waals surface area contributed by atoms with Gasteiger partial charge in [0.1, 0.15) is 41.3 Å². The molecule has 0 saturated carbocycles. The molecular weight excluding hydrogens is 615 g/mol. The highest BCUT2D eigenvalue weighted by atomic mass is 19.1. The molecular formula is C35H39FN8O4. The summed E-state index contributed by atoms with van der Waals surface area (Å²) in [5.41, 5.74) is 4.76. The average Bonchev–Trinajstić information content (AvgIpc) is 3.53. The second-order valence-electron chi connectivity index (χ2n) is 11.9. The fraction of sp³-hybridized carbons (Fsp3) is 0.343. The molecule has 12 nitrogen and oxygen atoms in total. The van der Waals surface area contributed by atoms with Gasteiger partial charge in [-0.1, -0.05) is 18.2 Å². The number of amides is 1. The van der Waals surface area contributed by atoms with Crippen molar-refractivity contribution in [3.8, 4) is 17.2 Å². The molecule has 2 aliphatic rings. The van der Waals surface area contributed by atoms with Crippen molar-refractivity contribution >= 4 is 35.0 Å². The number of carbonyl (C=O) groups is 1. The molecule has 2 unspecified atom stereocenters. The summed E-state index contributed by atoms with van der Waals surface area (Å²) in [5, 5.41) is 19.5. The predicted octanol–water partition coefficient (Wildman–Crippen LogP) is 4.46. The van der Waals surface area contributed by atoms with Gasteiger partial charge in [-0.3, -0.25) is 9.79 Å². The lowest BCUT2D eigenvalue weighted by atomic mass is 9.93. The molecule has 0 saturated heterocycles. The number of fused-ring (bicyclic) bond motifs is 5. The van der Waals surface area contributed by atoms with Crippen LogP contribution in [0.1, 0.15) is 31.2 Å². The number of anilines is 1. The second kappa shape index (κ2) is 14.2. The predicted molar refractivity (Wildman–Crippen MR) is 182 cm³/mol. The molecule has 48 heavy (non-hydrogen) atoms. The number of aliphatic hydroxyl groups is 1. The van der Waals surface area contributed by atoms with E-state index in [1.165, 1.54) is 25.6 Å². The number of ether oxygens (including phenoxy) is 2. The van der Waals surface area contributed by atoms with Gasteiger partial charge in [0.15, 0.2) is 5.65 Å². The molecule has 1 aliphatic heterocycles. The van der Waals surface area contributed by atoms with Crippen molar-refractivity contribution in [2.24, 2.45) is 4.99 Å². The first-order valence-electron chi connectivity index (χ1n) is 15.8. The Morgan fingerprint density at radius 1 is 1.15 bits per heavy atom. The standard InChI is InChI=1S/C35H39FN8O4/c1-37-29-10-6-9-27-22-7-5-8-25(15-22)48-26(12-14-32(46)42(2)19-24(45)20-43(3)33(27)29)17-38-34-28-18-41-44(35(28)40-21-39-34)30-13-11-23(36)16-31(30)47-4/h5,7-9,11,13,15-16,18,21,24,26,45H,1,6,10,12,14,17,19-20H2,2-4H3,(H,38,39,40). The molecule has 250 valence electrons. The number of allylic oxidation sites excluding steroid dienone is 3. The molecule has 4 aromatic rings. The molecule has 6 rings (SSSR count). The Labute approximate surface area is 278 Å². The summed E-state index contributed by atoms with van der Waals surface area (Å²) in [6.45, 7) is 4.64. The third-order valence-corrected chi connectivity index (χ3v) is 8.59. The number of nitrogens with one attached hydrogen (secondary N) is 1. The minimum atomic E-state index is -0.771. The summed E-state index contributed by atoms with van der Waals surface area (Å²) >= 11 is 0. The highest BCUT2D eigenvalue weighted by Crippen LogP contribution is 2.36. The first-order chi connectivity index (χ1) is 23.2. The molecule has 2 N–H and O–H groups in total. The highest BCUT2D eigenvalue weighted by Gasteiger charge is 2.25. The molecule has 2 atom stereocenters. The average molecular weight is 655 g/mol. The van der Waals surface area contributed by atoms with E-state index in [0.717, 1.165) is 35.4 Å². The lowest BCUT2D eigenvalue weighted by Gasteiger charge is -2.32. The van der Waals surface area contributed by atoms with Gasteiger partial charge >= 0.3 is 0 Å². The Morgan fingerprint density at radius 2 is 1.98 bits per heavy atom. The van der Waals surface area contributed by atoms with Crippen LogP contribution in [0, 0.1) is 5.82 Å². The number of halogens is 1. The largest absolute Gasteiger partial charge is 0.494 e. The third kappa shape index (κ3) is 6.86. The topological polar surface area (TPSA) is 130 Å². The number of carbonyl (C=O) groups excluding carboxylic acids is 1. The van der Waals surface area contributed by atoms with Crippen LogP contribution in [0.25, 0.3) is 22.3 Å². The summed E-state index contributed by atoms with van der Waals surface area (Å²) in [6, 6.07) is 12.1. The van der Waals surface area contributed by atoms with E-state index in [4.69, 9.17) is 9.47 Å². The zero-order chi connectivity index (χ0) is 33.8. The molecule has 1 aliphatic carbocycles. The number of hydrogen-bond acceptors (Lipinski definition) is 10. The molecule has 0 spiro atoms. The number of aliphatic imine (C=N–C) groups is 1. The fourth-order valence-electron chi connectivity index (χ4n) is 6.25. The number of methoxy groups -OCH3 is 1. The van der Waals surface area contributed by atoms with Crippen LogP contribution in [0.5, 0.6) is 11.5 Å². The minimum Gasteiger partial charge on any atom is -0.494 e. The summed E-state index contributed by atoms with van der Waals surface area (Å²) in [4.78, 5) is 30.0. The number of hydrogen-bond donors (Lipinski definition) is 2. The molecule has 2 bridgehead atoms. The number of aliphatic hydroxyl groups excluding tert-OH is 1. The van der Waals surface area contributed by atoms with E-state index in [9.17, 15) is 14.3 Å². The molecule has 3 heterocycles. The molecule has 2 aromatic carbocycles. The van der Waals surface area contributed by atoms with Crippen molar-refractivity contribution < 1.29 is 23.8 Å². The van der Waals surface area contributed by atoms with Gasteiger partial charge in [-0.25, -0.2) is 19.0 Å². The maximum atomic E-state index is 13.9. The molecule has 1 amide bonds. The van der Waals surface area contributed by atoms with Crippen LogP contribution in [-0.4, -0.2) is 100 Å². The second-order valence-corrected chi connectivity index (χ2v) is 11.9. The number of aromatic nitrogens is 4. The van der Waals surface area contributed by atoms with E-state index in [1.807, 2.05) is 36.2 Å². The van der Waals surface area contributed by atoms with E-state index in [1.54, 1.807) is 28.9 Å². The Hall–Kier alpha value is -5.30. The maximum absolute atomic E-state index is 13.9. The van der Waals surface area contributed by atoms with Crippen LogP contribution in [-0.2, 0) is 4.79 Å². The Bertz CT molecular complexity index is 1890. The van der Waals surface area contributed by atoms with Gasteiger partial charge in [-0.15, -0.1) is 0 Å². The van der Waals surface area contributed by atoms with Crippen LogP contribution in [0.15, 0.2) is 77.5 Å². The van der Waals surface area contributed by atoms with Crippen molar-refractivity contribution in [3.63, 3.8) is 0 Å². The number of benzene rings is 2. The quantitative estimate of drug-likeness (QED) is 0.290. The maximum Gasteiger partial charge on any atom is 0.222 e. The van der Waals surface area contributed by atoms with Gasteiger partial charge in [0.25, 0.3) is 0 Å². The molecule has 0 fully saturated rings. The smallest absolute Gasteiger partial charge is 0.222 e. The van der Waals surface area contributed by atoms with Crippen molar-refractivity contribution in [1.82, 2.24) is 29.5 Å². The summed E-state index contributed by atoms with van der Waals surface area (Å²) in [6.07, 6.45) is 6.24. The van der Waals surface area contributed by atoms with Crippen LogP contribution >= 0.6 is 0 Å². The van der Waals surface area contributed by atoms with Gasteiger partial charge in [-0.05, 0) is 55.8 Å². The van der Waals surface area contributed by atoms with Gasteiger partial charge in [0, 0.05) is 45.2 Å². The van der Waals surface area contributed by atoms with E-state index in [-0.39, 0.29) is 18.9 Å². The summed E-state index contributed by atoms with van der Waals surface area (Å²) in [5.74, 6) is 0.977. The zero-order valence-electron chi connectivity index (χ0n) is 27.3. The Kier molecular flexibility index (Phi) is 9.67. The zero-order valence-corrected chi connectivity index (χ0v) is 27.3. The van der Waals surface area contributed by atoms with E-state index < -0.39 is 18.0 Å². The van der Waals surface area contributed by atoms with Gasteiger partial charge in [0.2, 0.25) is 5.91 Å². The van der Waals surface area contributed by atoms with Gasteiger partial charge in [-0.2, -0.15) is 5.10 Å². The van der Waals surface area contributed by atoms with E-state index in [0.29, 0.717) is 53.5 Å². The monoisotopic (exact) mass is 654 g/mol. The normalized spacial score (nSPS) is 19.2. The molecule has 0 radical (unpaired) electrons. The van der Waals surface area contributed by atoms with Gasteiger partial charge in [0.05, 0.1) is 42.7 Å². The summed E-state index contributed by atoms with van der Waals surface area (Å²) < 4.78 is 27.4. The van der Waals surface area contributed by atoms with Crippen molar-refractivity contribution in [2.75, 3.05) is 46.2 Å². The lowest BCUT2D eigenvalue weighted by molar-refractivity contribution is -0.131. The van der Waals surface area contributed by atoms with Gasteiger partial charge < -0.3 is 29.7 Å². The lowest BCUT2D eigenvalue weighted by Crippen LogP contribution is -2.40. The summed E-state index contributed by atoms with van der Waals surface area (Å²) in [7, 11) is 5.10. The fourth-order valence-corrected chi connectivity index (χ4v) is 6.25. The number of rotatable bonds is 6. The van der Waals surface area contributed by atoms with Crippen LogP contribution in [0.4, 0.5) is 10.2 Å². The highest BCUT2D eigenvalue weighted by molar-refractivity contribution is 5.87. The molecule has 13 heteroatoms. The van der Waals surface area contributed by atoms with E-state index >= 15 is 0 Å². The van der Waals surface area contributed by atoms with Crippen LogP contribution < -0.4 is 14.8 Å². The minimum absolute atomic E-state index is 0.0983. The Morgan fingerprint density at radius 3 is 2.79 bits per heavy atom. The van der Waals surface area contributed by atoms with E-state index in [2.05, 4.69) is 38.2 Å². The van der Waals surface area contributed by atoms with Crippen molar-refractivity contribution in [3.05, 3.63) is 83.8 Å². The van der Waals surface area contributed by atoms with Crippen LogP contribution in [0.3, 0.4) is 0 Å².